The second-order valence-corrected chi connectivity index (χ2v) is 5.73. The van der Waals surface area contributed by atoms with Crippen molar-refractivity contribution in [3.8, 4) is 0 Å². The summed E-state index contributed by atoms with van der Waals surface area (Å²) in [4.78, 5) is 16.6. The molecule has 0 aromatic carbocycles. The van der Waals surface area contributed by atoms with Crippen molar-refractivity contribution in [2.24, 2.45) is 13.0 Å². The maximum Gasteiger partial charge on any atom is 0.254 e. The van der Waals surface area contributed by atoms with Gasteiger partial charge in [-0.2, -0.15) is 5.10 Å². The van der Waals surface area contributed by atoms with E-state index in [-0.39, 0.29) is 11.9 Å². The molecule has 1 amide bonds. The molecule has 1 aliphatic heterocycles. The van der Waals surface area contributed by atoms with Crippen LogP contribution in [0.4, 0.5) is 0 Å². The summed E-state index contributed by atoms with van der Waals surface area (Å²) in [6.45, 7) is 2.92. The summed E-state index contributed by atoms with van der Waals surface area (Å²) in [5, 5.41) is 7.17. The summed E-state index contributed by atoms with van der Waals surface area (Å²) in [5.74, 6) is 0.442. The number of nitrogens with zero attached hydrogens (tertiary/aromatic N) is 4. The van der Waals surface area contributed by atoms with E-state index in [2.05, 4.69) is 41.4 Å². The highest BCUT2D eigenvalue weighted by Gasteiger charge is 2.32. The lowest BCUT2D eigenvalue weighted by Gasteiger charge is -2.22. The smallest absolute Gasteiger partial charge is 0.254 e. The van der Waals surface area contributed by atoms with Crippen molar-refractivity contribution in [3.05, 3.63) is 18.0 Å². The van der Waals surface area contributed by atoms with Crippen LogP contribution in [0.3, 0.4) is 0 Å². The number of carbonyl (C=O) groups excluding carboxylic acids is 1. The molecule has 0 spiro atoms. The Morgan fingerprint density at radius 3 is 2.79 bits per heavy atom. The molecule has 1 aromatic rings. The Morgan fingerprint density at radius 1 is 1.47 bits per heavy atom. The quantitative estimate of drug-likeness (QED) is 0.808. The molecule has 6 heteroatoms. The summed E-state index contributed by atoms with van der Waals surface area (Å²) in [6.07, 6.45) is 3.35. The molecular weight excluding hydrogens is 242 g/mol. The second-order valence-electron chi connectivity index (χ2n) is 5.73. The van der Waals surface area contributed by atoms with Gasteiger partial charge in [0.25, 0.3) is 5.91 Å². The molecule has 0 bridgehead atoms. The van der Waals surface area contributed by atoms with Gasteiger partial charge in [-0.3, -0.25) is 9.48 Å². The minimum absolute atomic E-state index is 0.0304. The van der Waals surface area contributed by atoms with E-state index >= 15 is 0 Å². The molecule has 2 rings (SSSR count). The molecule has 1 N–H and O–H groups in total. The normalized spacial score (nSPS) is 24.1. The molecule has 2 atom stereocenters. The lowest BCUT2D eigenvalue weighted by atomic mass is 10.0. The molecule has 1 aromatic heterocycles. The third-order valence-corrected chi connectivity index (χ3v) is 3.51. The summed E-state index contributed by atoms with van der Waals surface area (Å²) in [7, 11) is 8.05. The van der Waals surface area contributed by atoms with Crippen molar-refractivity contribution >= 4 is 5.91 Å². The molecule has 0 radical (unpaired) electrons. The molecule has 0 saturated carbocycles. The van der Waals surface area contributed by atoms with Gasteiger partial charge in [-0.25, -0.2) is 0 Å². The first kappa shape index (κ1) is 14.0. The van der Waals surface area contributed by atoms with Gasteiger partial charge in [0, 0.05) is 44.8 Å². The van der Waals surface area contributed by atoms with Gasteiger partial charge in [0.2, 0.25) is 0 Å². The molecule has 19 heavy (non-hydrogen) atoms. The van der Waals surface area contributed by atoms with Gasteiger partial charge >= 0.3 is 0 Å². The van der Waals surface area contributed by atoms with Crippen molar-refractivity contribution in [2.75, 3.05) is 40.8 Å². The molecule has 1 fully saturated rings. The van der Waals surface area contributed by atoms with Gasteiger partial charge in [-0.1, -0.05) is 0 Å². The zero-order valence-corrected chi connectivity index (χ0v) is 12.1. The van der Waals surface area contributed by atoms with Crippen molar-refractivity contribution < 1.29 is 4.79 Å². The predicted molar refractivity (Wildman–Crippen MR) is 74.0 cm³/mol. The van der Waals surface area contributed by atoms with Crippen LogP contribution in [-0.2, 0) is 7.05 Å². The Morgan fingerprint density at radius 2 is 2.21 bits per heavy atom. The monoisotopic (exact) mass is 265 g/mol. The van der Waals surface area contributed by atoms with Crippen LogP contribution in [-0.4, -0.2) is 72.3 Å². The van der Waals surface area contributed by atoms with Crippen LogP contribution >= 0.6 is 0 Å². The second kappa shape index (κ2) is 5.71. The average molecular weight is 265 g/mol. The Bertz CT molecular complexity index is 442. The van der Waals surface area contributed by atoms with Gasteiger partial charge in [-0.15, -0.1) is 0 Å². The zero-order valence-electron chi connectivity index (χ0n) is 12.1. The number of amides is 1. The summed E-state index contributed by atoms with van der Waals surface area (Å²) < 4.78 is 1.65. The van der Waals surface area contributed by atoms with Gasteiger partial charge in [-0.05, 0) is 21.1 Å². The molecule has 1 aliphatic rings. The van der Waals surface area contributed by atoms with Crippen LogP contribution in [0.15, 0.2) is 12.4 Å². The first-order chi connectivity index (χ1) is 8.95. The molecule has 106 valence electrons. The van der Waals surface area contributed by atoms with Crippen LogP contribution < -0.4 is 5.32 Å². The van der Waals surface area contributed by atoms with E-state index in [9.17, 15) is 4.79 Å². The van der Waals surface area contributed by atoms with Crippen molar-refractivity contribution in [3.63, 3.8) is 0 Å². The van der Waals surface area contributed by atoms with E-state index in [0.717, 1.165) is 19.6 Å². The molecule has 2 heterocycles. The fourth-order valence-corrected chi connectivity index (χ4v) is 2.69. The van der Waals surface area contributed by atoms with Crippen LogP contribution in [0.5, 0.6) is 0 Å². The van der Waals surface area contributed by atoms with Gasteiger partial charge < -0.3 is 15.1 Å². The maximum absolute atomic E-state index is 12.2. The highest BCUT2D eigenvalue weighted by atomic mass is 16.1. The van der Waals surface area contributed by atoms with Crippen molar-refractivity contribution in [1.82, 2.24) is 24.9 Å². The van der Waals surface area contributed by atoms with E-state index in [0.29, 0.717) is 11.5 Å². The lowest BCUT2D eigenvalue weighted by molar-refractivity contribution is 0.0927. The van der Waals surface area contributed by atoms with Crippen molar-refractivity contribution in [1.29, 1.82) is 0 Å². The lowest BCUT2D eigenvalue weighted by Crippen LogP contribution is -2.43. The zero-order chi connectivity index (χ0) is 14.0. The number of hydrogen-bond donors (Lipinski definition) is 1. The SMILES string of the molecule is CN(C)C[C@@H]1CN(C)C[C@H]1NC(=O)c1cnn(C)c1. The van der Waals surface area contributed by atoms with E-state index in [1.165, 1.54) is 0 Å². The van der Waals surface area contributed by atoms with Gasteiger partial charge in [0.15, 0.2) is 0 Å². The van der Waals surface area contributed by atoms with Crippen LogP contribution in [0, 0.1) is 5.92 Å². The number of hydrogen-bond acceptors (Lipinski definition) is 4. The Labute approximate surface area is 114 Å². The topological polar surface area (TPSA) is 53.4 Å². The molecule has 0 unspecified atom stereocenters. The summed E-state index contributed by atoms with van der Waals surface area (Å²) >= 11 is 0. The fourth-order valence-electron chi connectivity index (χ4n) is 2.69. The largest absolute Gasteiger partial charge is 0.348 e. The van der Waals surface area contributed by atoms with Gasteiger partial charge in [0.05, 0.1) is 11.8 Å². The maximum atomic E-state index is 12.2. The highest BCUT2D eigenvalue weighted by molar-refractivity contribution is 5.93. The Kier molecular flexibility index (Phi) is 4.21. The standard InChI is InChI=1S/C13H23N5O/c1-16(2)6-11-7-17(3)9-12(11)15-13(19)10-5-14-18(4)8-10/h5,8,11-12H,6-7,9H2,1-4H3,(H,15,19)/t11-,12-/m1/s1. The molecule has 0 aliphatic carbocycles. The minimum atomic E-state index is -0.0304. The van der Waals surface area contributed by atoms with Crippen LogP contribution in [0.25, 0.3) is 0 Å². The van der Waals surface area contributed by atoms with E-state index in [1.807, 2.05) is 7.05 Å². The fraction of sp³-hybridized carbons (Fsp3) is 0.692. The summed E-state index contributed by atoms with van der Waals surface area (Å²) in [6, 6.07) is 0.208. The molecule has 1 saturated heterocycles. The average Bonchev–Trinajstić information content (AvgIpc) is 2.85. The van der Waals surface area contributed by atoms with Crippen molar-refractivity contribution in [2.45, 2.75) is 6.04 Å². The number of aromatic nitrogens is 2. The first-order valence-electron chi connectivity index (χ1n) is 6.58. The van der Waals surface area contributed by atoms with E-state index < -0.39 is 0 Å². The number of likely N-dealkylation sites (tertiary alicyclic amines) is 1. The number of aryl methyl sites for hydroxylation is 1. The Balaban J connectivity index is 1.98. The highest BCUT2D eigenvalue weighted by Crippen LogP contribution is 2.16. The summed E-state index contributed by atoms with van der Waals surface area (Å²) in [5.41, 5.74) is 0.626. The number of rotatable bonds is 4. The van der Waals surface area contributed by atoms with E-state index in [1.54, 1.807) is 17.1 Å². The van der Waals surface area contributed by atoms with E-state index in [4.69, 9.17) is 0 Å². The molecular formula is C13H23N5O. The van der Waals surface area contributed by atoms with Crippen LogP contribution in [0.2, 0.25) is 0 Å². The van der Waals surface area contributed by atoms with Gasteiger partial charge in [0.1, 0.15) is 0 Å². The number of likely N-dealkylation sites (N-methyl/N-ethyl adjacent to an activating group) is 1. The minimum Gasteiger partial charge on any atom is -0.348 e. The molecule has 6 nitrogen and oxygen atoms in total. The van der Waals surface area contributed by atoms with Crippen LogP contribution in [0.1, 0.15) is 10.4 Å². The third-order valence-electron chi connectivity index (χ3n) is 3.51. The number of carbonyl (C=O) groups is 1. The predicted octanol–water partition coefficient (Wildman–Crippen LogP) is -0.358. The first-order valence-corrected chi connectivity index (χ1v) is 6.58. The third kappa shape index (κ3) is 3.54. The number of nitrogens with one attached hydrogen (secondary N) is 1. The Hall–Kier alpha value is -1.40.